The number of anilines is 1. The monoisotopic (exact) mass is 376 g/mol. The highest BCUT2D eigenvalue weighted by atomic mass is 32.1. The molecule has 0 radical (unpaired) electrons. The van der Waals surface area contributed by atoms with E-state index in [1.807, 2.05) is 12.1 Å². The first kappa shape index (κ1) is 17.5. The van der Waals surface area contributed by atoms with Crippen molar-refractivity contribution in [3.8, 4) is 0 Å². The fourth-order valence-electron chi connectivity index (χ4n) is 3.53. The Kier molecular flexibility index (Phi) is 5.52. The quantitative estimate of drug-likeness (QED) is 0.838. The molecule has 0 aromatic carbocycles. The maximum atomic E-state index is 12.3. The van der Waals surface area contributed by atoms with Crippen LogP contribution in [0.4, 0.5) is 9.93 Å². The maximum Gasteiger partial charge on any atom is 0.321 e. The molecule has 2 aliphatic rings. The van der Waals surface area contributed by atoms with Gasteiger partial charge in [-0.05, 0) is 38.1 Å². The Labute approximate surface area is 156 Å². The second kappa shape index (κ2) is 8.20. The van der Waals surface area contributed by atoms with Crippen LogP contribution in [0.5, 0.6) is 0 Å². The Morgan fingerprint density at radius 3 is 3.00 bits per heavy atom. The molecule has 2 amide bonds. The zero-order valence-corrected chi connectivity index (χ0v) is 15.5. The van der Waals surface area contributed by atoms with Gasteiger partial charge in [0.25, 0.3) is 0 Å². The van der Waals surface area contributed by atoms with E-state index in [0.29, 0.717) is 24.9 Å². The number of aromatic nitrogens is 1. The van der Waals surface area contributed by atoms with E-state index in [4.69, 9.17) is 9.15 Å². The molecular formula is C18H24N4O3S. The summed E-state index contributed by atoms with van der Waals surface area (Å²) < 4.78 is 11.0. The summed E-state index contributed by atoms with van der Waals surface area (Å²) in [6.45, 7) is 3.87. The van der Waals surface area contributed by atoms with Gasteiger partial charge in [0.05, 0.1) is 36.1 Å². The van der Waals surface area contributed by atoms with E-state index in [0.717, 1.165) is 35.8 Å². The van der Waals surface area contributed by atoms with Crippen LogP contribution < -0.4 is 10.6 Å². The van der Waals surface area contributed by atoms with Gasteiger partial charge in [-0.15, -0.1) is 0 Å². The molecule has 7 nitrogen and oxygen atoms in total. The van der Waals surface area contributed by atoms with Crippen molar-refractivity contribution in [2.24, 2.45) is 0 Å². The first-order valence-corrected chi connectivity index (χ1v) is 10.00. The SMILES string of the molecule is O=C(NCC(c1ccco1)N1CCCCC1)Nc1nc2c(s1)COCC2. The topological polar surface area (TPSA) is 79.6 Å². The summed E-state index contributed by atoms with van der Waals surface area (Å²) >= 11 is 1.49. The summed E-state index contributed by atoms with van der Waals surface area (Å²) in [7, 11) is 0. The summed E-state index contributed by atoms with van der Waals surface area (Å²) in [6.07, 6.45) is 6.15. The van der Waals surface area contributed by atoms with Crippen LogP contribution >= 0.6 is 11.3 Å². The highest BCUT2D eigenvalue weighted by Gasteiger charge is 2.25. The smallest absolute Gasteiger partial charge is 0.321 e. The lowest BCUT2D eigenvalue weighted by atomic mass is 10.1. The van der Waals surface area contributed by atoms with Crippen molar-refractivity contribution < 1.29 is 13.9 Å². The average Bonchev–Trinajstić information content (AvgIpc) is 3.32. The van der Waals surface area contributed by atoms with E-state index in [1.165, 1.54) is 30.6 Å². The van der Waals surface area contributed by atoms with Crippen LogP contribution in [-0.4, -0.2) is 42.2 Å². The van der Waals surface area contributed by atoms with Gasteiger partial charge in [-0.3, -0.25) is 10.2 Å². The highest BCUT2D eigenvalue weighted by molar-refractivity contribution is 7.15. The molecule has 4 heterocycles. The minimum atomic E-state index is -0.231. The standard InChI is InChI=1S/C18H24N4O3S/c23-17(21-18-20-13-6-10-24-12-16(13)26-18)19-11-14(15-5-4-9-25-15)22-7-2-1-3-8-22/h4-5,9,14H,1-3,6-8,10-12H2,(H2,19,20,21,23). The average molecular weight is 376 g/mol. The number of urea groups is 1. The number of likely N-dealkylation sites (tertiary alicyclic amines) is 1. The van der Waals surface area contributed by atoms with Gasteiger partial charge < -0.3 is 14.5 Å². The lowest BCUT2D eigenvalue weighted by molar-refractivity contribution is 0.112. The summed E-state index contributed by atoms with van der Waals surface area (Å²) in [6, 6.07) is 3.71. The lowest BCUT2D eigenvalue weighted by Crippen LogP contribution is -2.41. The Morgan fingerprint density at radius 1 is 1.35 bits per heavy atom. The third-order valence-electron chi connectivity index (χ3n) is 4.87. The second-order valence-corrected chi connectivity index (χ2v) is 7.74. The minimum Gasteiger partial charge on any atom is -0.468 e. The van der Waals surface area contributed by atoms with Gasteiger partial charge in [0.15, 0.2) is 5.13 Å². The molecule has 4 rings (SSSR count). The van der Waals surface area contributed by atoms with E-state index in [1.54, 1.807) is 6.26 Å². The zero-order chi connectivity index (χ0) is 17.8. The number of fused-ring (bicyclic) bond motifs is 1. The van der Waals surface area contributed by atoms with E-state index >= 15 is 0 Å². The number of hydrogen-bond donors (Lipinski definition) is 2. The van der Waals surface area contributed by atoms with Crippen molar-refractivity contribution in [2.45, 2.75) is 38.3 Å². The number of thiazole rings is 1. The molecule has 0 bridgehead atoms. The maximum absolute atomic E-state index is 12.3. The number of nitrogens with zero attached hydrogens (tertiary/aromatic N) is 2. The molecule has 2 aromatic heterocycles. The van der Waals surface area contributed by atoms with Gasteiger partial charge in [0.2, 0.25) is 0 Å². The van der Waals surface area contributed by atoms with E-state index in [-0.39, 0.29) is 12.1 Å². The number of amides is 2. The van der Waals surface area contributed by atoms with Crippen LogP contribution in [0.25, 0.3) is 0 Å². The van der Waals surface area contributed by atoms with Gasteiger partial charge in [-0.25, -0.2) is 9.78 Å². The molecule has 1 atom stereocenters. The van der Waals surface area contributed by atoms with Crippen molar-refractivity contribution in [2.75, 3.05) is 31.6 Å². The van der Waals surface area contributed by atoms with Gasteiger partial charge in [0, 0.05) is 13.0 Å². The zero-order valence-electron chi connectivity index (χ0n) is 14.7. The summed E-state index contributed by atoms with van der Waals surface area (Å²) in [5.74, 6) is 0.897. The summed E-state index contributed by atoms with van der Waals surface area (Å²) in [4.78, 5) is 20.3. The molecular weight excluding hydrogens is 352 g/mol. The van der Waals surface area contributed by atoms with Crippen LogP contribution in [0.3, 0.4) is 0 Å². The molecule has 26 heavy (non-hydrogen) atoms. The Bertz CT molecular complexity index is 701. The third-order valence-corrected chi connectivity index (χ3v) is 5.86. The lowest BCUT2D eigenvalue weighted by Gasteiger charge is -2.33. The Balaban J connectivity index is 1.36. The van der Waals surface area contributed by atoms with Gasteiger partial charge in [-0.2, -0.15) is 0 Å². The molecule has 2 aliphatic heterocycles. The van der Waals surface area contributed by atoms with Crippen LogP contribution in [-0.2, 0) is 17.8 Å². The molecule has 140 valence electrons. The fourth-order valence-corrected chi connectivity index (χ4v) is 4.47. The number of piperidine rings is 1. The van der Waals surface area contributed by atoms with Gasteiger partial charge >= 0.3 is 6.03 Å². The normalized spacial score (nSPS) is 18.9. The molecule has 1 unspecified atom stereocenters. The van der Waals surface area contributed by atoms with Crippen molar-refractivity contribution in [1.29, 1.82) is 0 Å². The molecule has 1 fully saturated rings. The number of furan rings is 1. The highest BCUT2D eigenvalue weighted by Crippen LogP contribution is 2.27. The second-order valence-electron chi connectivity index (χ2n) is 6.65. The van der Waals surface area contributed by atoms with Crippen LogP contribution in [0.1, 0.15) is 41.6 Å². The fraction of sp³-hybridized carbons (Fsp3) is 0.556. The van der Waals surface area contributed by atoms with Crippen LogP contribution in [0.2, 0.25) is 0 Å². The molecule has 8 heteroatoms. The number of ether oxygens (including phenoxy) is 1. The van der Waals surface area contributed by atoms with Gasteiger partial charge in [-0.1, -0.05) is 17.8 Å². The number of hydrogen-bond acceptors (Lipinski definition) is 6. The largest absolute Gasteiger partial charge is 0.468 e. The summed E-state index contributed by atoms with van der Waals surface area (Å²) in [5.41, 5.74) is 1.04. The Hall–Kier alpha value is -1.90. The number of rotatable bonds is 5. The number of nitrogens with one attached hydrogen (secondary N) is 2. The molecule has 0 aliphatic carbocycles. The summed E-state index contributed by atoms with van der Waals surface area (Å²) in [5, 5.41) is 6.47. The minimum absolute atomic E-state index is 0.0638. The van der Waals surface area contributed by atoms with Crippen molar-refractivity contribution in [3.05, 3.63) is 34.7 Å². The number of carbonyl (C=O) groups excluding carboxylic acids is 1. The van der Waals surface area contributed by atoms with Crippen LogP contribution in [0.15, 0.2) is 22.8 Å². The van der Waals surface area contributed by atoms with Crippen molar-refractivity contribution in [3.63, 3.8) is 0 Å². The predicted octanol–water partition coefficient (Wildman–Crippen LogP) is 3.16. The molecule has 2 N–H and O–H groups in total. The van der Waals surface area contributed by atoms with Crippen molar-refractivity contribution in [1.82, 2.24) is 15.2 Å². The molecule has 2 aromatic rings. The third kappa shape index (κ3) is 4.08. The molecule has 1 saturated heterocycles. The Morgan fingerprint density at radius 2 is 2.23 bits per heavy atom. The van der Waals surface area contributed by atoms with Gasteiger partial charge in [0.1, 0.15) is 5.76 Å². The predicted molar refractivity (Wildman–Crippen MR) is 99.4 cm³/mol. The first-order valence-electron chi connectivity index (χ1n) is 9.18. The first-order chi connectivity index (χ1) is 12.8. The van der Waals surface area contributed by atoms with E-state index < -0.39 is 0 Å². The van der Waals surface area contributed by atoms with E-state index in [9.17, 15) is 4.79 Å². The van der Waals surface area contributed by atoms with Crippen LogP contribution in [0, 0.1) is 0 Å². The number of carbonyl (C=O) groups is 1. The molecule has 0 spiro atoms. The van der Waals surface area contributed by atoms with Crippen molar-refractivity contribution >= 4 is 22.5 Å². The molecule has 0 saturated carbocycles. The van der Waals surface area contributed by atoms with E-state index in [2.05, 4.69) is 20.5 Å².